The van der Waals surface area contributed by atoms with Crippen LogP contribution in [0.4, 0.5) is 5.82 Å². The Hall–Kier alpha value is -1.58. The molecule has 1 heterocycles. The second-order valence-corrected chi connectivity index (χ2v) is 4.76. The minimum absolute atomic E-state index is 0.0224. The van der Waals surface area contributed by atoms with Gasteiger partial charge in [0.15, 0.2) is 0 Å². The van der Waals surface area contributed by atoms with Crippen LogP contribution >= 0.6 is 0 Å². The summed E-state index contributed by atoms with van der Waals surface area (Å²) in [7, 11) is 0. The molecule has 1 aliphatic rings. The van der Waals surface area contributed by atoms with Crippen LogP contribution in [0.1, 0.15) is 49.2 Å². The van der Waals surface area contributed by atoms with E-state index in [0.717, 1.165) is 43.7 Å². The largest absolute Gasteiger partial charge is 0.370 e. The summed E-state index contributed by atoms with van der Waals surface area (Å²) >= 11 is 0. The second-order valence-electron chi connectivity index (χ2n) is 4.76. The fourth-order valence-electron chi connectivity index (χ4n) is 1.74. The van der Waals surface area contributed by atoms with E-state index in [2.05, 4.69) is 29.5 Å². The van der Waals surface area contributed by atoms with E-state index in [1.54, 1.807) is 0 Å². The van der Waals surface area contributed by atoms with Crippen molar-refractivity contribution in [3.8, 4) is 0 Å². The first-order chi connectivity index (χ1) is 8.72. The normalized spacial score (nSPS) is 14.3. The minimum atomic E-state index is 0.0224. The molecule has 0 aliphatic heterocycles. The van der Waals surface area contributed by atoms with Gasteiger partial charge in [-0.2, -0.15) is 0 Å². The summed E-state index contributed by atoms with van der Waals surface area (Å²) < 4.78 is 0. The molecule has 1 aromatic rings. The number of anilines is 1. The third kappa shape index (κ3) is 3.45. The van der Waals surface area contributed by atoms with Gasteiger partial charge in [-0.3, -0.25) is 4.79 Å². The van der Waals surface area contributed by atoms with Crippen LogP contribution in [-0.2, 0) is 6.42 Å². The van der Waals surface area contributed by atoms with Crippen molar-refractivity contribution < 1.29 is 4.79 Å². The van der Waals surface area contributed by atoms with Gasteiger partial charge < -0.3 is 10.6 Å². The highest BCUT2D eigenvalue weighted by atomic mass is 16.1. The quantitative estimate of drug-likeness (QED) is 0.811. The lowest BCUT2D eigenvalue weighted by molar-refractivity contribution is 0.0951. The molecular formula is C14H21N3O. The number of carbonyl (C=O) groups is 1. The number of rotatable bonds is 6. The number of hydrogen-bond donors (Lipinski definition) is 2. The van der Waals surface area contributed by atoms with Crippen molar-refractivity contribution in [3.63, 3.8) is 0 Å². The van der Waals surface area contributed by atoms with Crippen molar-refractivity contribution in [1.29, 1.82) is 0 Å². The van der Waals surface area contributed by atoms with Gasteiger partial charge in [0, 0.05) is 23.8 Å². The zero-order chi connectivity index (χ0) is 13.0. The van der Waals surface area contributed by atoms with Crippen molar-refractivity contribution >= 4 is 11.7 Å². The van der Waals surface area contributed by atoms with Gasteiger partial charge in [-0.05, 0) is 37.8 Å². The summed E-state index contributed by atoms with van der Waals surface area (Å²) in [6.07, 6.45) is 4.10. The number of hydrogen-bond acceptors (Lipinski definition) is 3. The number of pyridine rings is 1. The highest BCUT2D eigenvalue weighted by Crippen LogP contribution is 2.20. The summed E-state index contributed by atoms with van der Waals surface area (Å²) in [6.45, 7) is 5.04. The van der Waals surface area contributed by atoms with Crippen LogP contribution in [0, 0.1) is 0 Å². The number of nitrogens with one attached hydrogen (secondary N) is 2. The van der Waals surface area contributed by atoms with Gasteiger partial charge in [0.1, 0.15) is 5.82 Å². The number of nitrogens with zero attached hydrogens (tertiary/aromatic N) is 1. The molecule has 2 N–H and O–H groups in total. The lowest BCUT2D eigenvalue weighted by Gasteiger charge is -2.09. The molecule has 0 saturated heterocycles. The highest BCUT2D eigenvalue weighted by Gasteiger charge is 2.24. The van der Waals surface area contributed by atoms with E-state index in [4.69, 9.17) is 0 Å². The summed E-state index contributed by atoms with van der Waals surface area (Å²) in [6, 6.07) is 4.12. The fraction of sp³-hybridized carbons (Fsp3) is 0.571. The van der Waals surface area contributed by atoms with E-state index in [1.807, 2.05) is 12.1 Å². The van der Waals surface area contributed by atoms with Crippen LogP contribution in [0.5, 0.6) is 0 Å². The number of aromatic nitrogens is 1. The Bertz CT molecular complexity index is 427. The molecule has 1 saturated carbocycles. The Morgan fingerprint density at radius 1 is 1.39 bits per heavy atom. The van der Waals surface area contributed by atoms with Gasteiger partial charge in [-0.1, -0.05) is 13.8 Å². The number of carbonyl (C=O) groups excluding carboxylic acids is 1. The van der Waals surface area contributed by atoms with E-state index in [-0.39, 0.29) is 5.91 Å². The summed E-state index contributed by atoms with van der Waals surface area (Å²) in [5.74, 6) is 0.825. The van der Waals surface area contributed by atoms with E-state index >= 15 is 0 Å². The first-order valence-corrected chi connectivity index (χ1v) is 6.78. The smallest absolute Gasteiger partial charge is 0.251 e. The van der Waals surface area contributed by atoms with Crippen LogP contribution in [-0.4, -0.2) is 23.5 Å². The van der Waals surface area contributed by atoms with Crippen molar-refractivity contribution in [2.45, 2.75) is 45.6 Å². The van der Waals surface area contributed by atoms with Crippen LogP contribution in [0.25, 0.3) is 0 Å². The monoisotopic (exact) mass is 247 g/mol. The van der Waals surface area contributed by atoms with Crippen molar-refractivity contribution in [2.75, 3.05) is 11.9 Å². The van der Waals surface area contributed by atoms with Crippen molar-refractivity contribution in [2.24, 2.45) is 0 Å². The van der Waals surface area contributed by atoms with Gasteiger partial charge >= 0.3 is 0 Å². The molecule has 1 amide bonds. The van der Waals surface area contributed by atoms with Crippen molar-refractivity contribution in [3.05, 3.63) is 23.4 Å². The maximum atomic E-state index is 12.0. The van der Waals surface area contributed by atoms with Crippen LogP contribution in [0.2, 0.25) is 0 Å². The fourth-order valence-corrected chi connectivity index (χ4v) is 1.74. The van der Waals surface area contributed by atoms with Crippen molar-refractivity contribution in [1.82, 2.24) is 10.3 Å². The van der Waals surface area contributed by atoms with Crippen LogP contribution in [0.3, 0.4) is 0 Å². The van der Waals surface area contributed by atoms with Crippen LogP contribution in [0.15, 0.2) is 12.1 Å². The SMILES string of the molecule is CCCNc1cc(C(=O)NC2CC2)cc(CC)n1. The Labute approximate surface area is 108 Å². The molecule has 1 aromatic heterocycles. The lowest BCUT2D eigenvalue weighted by Crippen LogP contribution is -2.25. The molecule has 0 radical (unpaired) electrons. The predicted molar refractivity (Wildman–Crippen MR) is 72.9 cm³/mol. The molecular weight excluding hydrogens is 226 g/mol. The third-order valence-corrected chi connectivity index (χ3v) is 2.97. The molecule has 2 rings (SSSR count). The number of aryl methyl sites for hydroxylation is 1. The highest BCUT2D eigenvalue weighted by molar-refractivity contribution is 5.95. The summed E-state index contributed by atoms with van der Waals surface area (Å²) in [5.41, 5.74) is 1.67. The van der Waals surface area contributed by atoms with Gasteiger partial charge in [-0.25, -0.2) is 4.98 Å². The Kier molecular flexibility index (Phi) is 4.18. The lowest BCUT2D eigenvalue weighted by atomic mass is 10.2. The zero-order valence-corrected chi connectivity index (χ0v) is 11.1. The molecule has 0 atom stereocenters. The second kappa shape index (κ2) is 5.85. The maximum absolute atomic E-state index is 12.0. The average Bonchev–Trinajstić information content (AvgIpc) is 3.19. The maximum Gasteiger partial charge on any atom is 0.251 e. The summed E-state index contributed by atoms with van der Waals surface area (Å²) in [5, 5.41) is 6.25. The predicted octanol–water partition coefficient (Wildman–Crippen LogP) is 2.36. The van der Waals surface area contributed by atoms with Gasteiger partial charge in [0.05, 0.1) is 0 Å². The molecule has 4 heteroatoms. The Morgan fingerprint density at radius 2 is 2.17 bits per heavy atom. The average molecular weight is 247 g/mol. The van der Waals surface area contributed by atoms with E-state index in [0.29, 0.717) is 11.6 Å². The molecule has 0 aromatic carbocycles. The topological polar surface area (TPSA) is 54.0 Å². The third-order valence-electron chi connectivity index (χ3n) is 2.97. The molecule has 0 spiro atoms. The zero-order valence-electron chi connectivity index (χ0n) is 11.1. The first-order valence-electron chi connectivity index (χ1n) is 6.78. The Balaban J connectivity index is 2.13. The van der Waals surface area contributed by atoms with Gasteiger partial charge in [-0.15, -0.1) is 0 Å². The molecule has 98 valence electrons. The van der Waals surface area contributed by atoms with Gasteiger partial charge in [0.25, 0.3) is 5.91 Å². The molecule has 0 unspecified atom stereocenters. The Morgan fingerprint density at radius 3 is 2.78 bits per heavy atom. The standard InChI is InChI=1S/C14H21N3O/c1-3-7-15-13-9-10(8-11(4-2)16-13)14(18)17-12-5-6-12/h8-9,12H,3-7H2,1-2H3,(H,15,16)(H,17,18). The minimum Gasteiger partial charge on any atom is -0.370 e. The van der Waals surface area contributed by atoms with E-state index in [1.165, 1.54) is 0 Å². The molecule has 1 fully saturated rings. The molecule has 1 aliphatic carbocycles. The molecule has 0 bridgehead atoms. The first kappa shape index (κ1) is 12.9. The number of amides is 1. The molecule has 4 nitrogen and oxygen atoms in total. The van der Waals surface area contributed by atoms with Crippen LogP contribution < -0.4 is 10.6 Å². The van der Waals surface area contributed by atoms with Gasteiger partial charge in [0.2, 0.25) is 0 Å². The molecule has 18 heavy (non-hydrogen) atoms. The van der Waals surface area contributed by atoms with E-state index in [9.17, 15) is 4.79 Å². The summed E-state index contributed by atoms with van der Waals surface area (Å²) in [4.78, 5) is 16.5. The van der Waals surface area contributed by atoms with E-state index < -0.39 is 0 Å².